The topological polar surface area (TPSA) is 15.0 Å². The summed E-state index contributed by atoms with van der Waals surface area (Å²) in [5, 5.41) is 5.94. The summed E-state index contributed by atoms with van der Waals surface area (Å²) in [7, 11) is 0. The molecule has 222 valence electrons. The number of allylic oxidation sites excluding steroid dienone is 8. The van der Waals surface area contributed by atoms with Crippen molar-refractivity contribution < 1.29 is 0 Å². The molecule has 2 heterocycles. The Morgan fingerprint density at radius 1 is 0.826 bits per heavy atom. The van der Waals surface area contributed by atoms with Gasteiger partial charge in [0.15, 0.2) is 6.21 Å². The van der Waals surface area contributed by atoms with Crippen LogP contribution < -0.4 is 9.89 Å². The Bertz CT molecular complexity index is 2170. The molecule has 2 aliphatic rings. The molecule has 5 aromatic rings. The number of dihydropyridines is 1. The first-order valence-electron chi connectivity index (χ1n) is 15.9. The first-order chi connectivity index (χ1) is 22.6. The third-order valence-corrected chi connectivity index (χ3v) is 8.90. The standard InChI is InChI=1S/C44H37N2/c1-4-6-14-32(5-2)34-16-11-17-35(28-34)36-20-23-39-37(29-36)21-25-41-40-24-22-38(42-19-9-10-26-45-42)30-43(40)46(44(39)41)27-12-18-33-15-8-7-13-31(33)3/h4-30,42,45H,1H2,2-3H3/q+1/b14-6-,18-12-,32-5+,46-27?. The Hall–Kier alpha value is -5.73. The number of nitrogens with one attached hydrogen (secondary N) is 1. The van der Waals surface area contributed by atoms with E-state index < -0.39 is 0 Å². The van der Waals surface area contributed by atoms with Crippen LogP contribution in [0, 0.1) is 6.92 Å². The molecule has 0 saturated carbocycles. The van der Waals surface area contributed by atoms with E-state index in [0.29, 0.717) is 0 Å². The predicted molar refractivity (Wildman–Crippen MR) is 200 cm³/mol. The molecule has 5 aromatic carbocycles. The van der Waals surface area contributed by atoms with E-state index in [4.69, 9.17) is 0 Å². The van der Waals surface area contributed by atoms with Gasteiger partial charge in [0.1, 0.15) is 0 Å². The molecule has 0 fully saturated rings. The quantitative estimate of drug-likeness (QED) is 0.144. The van der Waals surface area contributed by atoms with Crippen LogP contribution in [0.4, 0.5) is 11.4 Å². The van der Waals surface area contributed by atoms with E-state index in [1.54, 1.807) is 0 Å². The van der Waals surface area contributed by atoms with E-state index >= 15 is 0 Å². The van der Waals surface area contributed by atoms with E-state index in [0.717, 1.165) is 0 Å². The minimum atomic E-state index is 0.147. The van der Waals surface area contributed by atoms with Crippen molar-refractivity contribution in [1.29, 1.82) is 0 Å². The lowest BCUT2D eigenvalue weighted by Crippen LogP contribution is -2.15. The number of fused-ring (bicyclic) bond motifs is 5. The lowest BCUT2D eigenvalue weighted by Gasteiger charge is -2.16. The summed E-state index contributed by atoms with van der Waals surface area (Å²) in [6.45, 7) is 8.06. The predicted octanol–water partition coefficient (Wildman–Crippen LogP) is 11.3. The highest BCUT2D eigenvalue weighted by Gasteiger charge is 2.34. The van der Waals surface area contributed by atoms with Gasteiger partial charge in [0, 0.05) is 12.1 Å². The van der Waals surface area contributed by atoms with Crippen LogP contribution in [-0.2, 0) is 0 Å². The molecule has 0 radical (unpaired) electrons. The van der Waals surface area contributed by atoms with Gasteiger partial charge in [0.05, 0.1) is 22.6 Å². The molecule has 0 aliphatic carbocycles. The average molecular weight is 594 g/mol. The number of hydrogen-bond donors (Lipinski definition) is 1. The van der Waals surface area contributed by atoms with Crippen molar-refractivity contribution in [2.75, 3.05) is 0 Å². The van der Waals surface area contributed by atoms with Crippen LogP contribution in [0.15, 0.2) is 158 Å². The minimum absolute atomic E-state index is 0.147. The molecule has 0 aromatic heterocycles. The van der Waals surface area contributed by atoms with E-state index in [2.05, 4.69) is 170 Å². The fourth-order valence-electron chi connectivity index (χ4n) is 6.48. The molecular weight excluding hydrogens is 556 g/mol. The van der Waals surface area contributed by atoms with Gasteiger partial charge < -0.3 is 5.32 Å². The fraction of sp³-hybridized carbons (Fsp3) is 0.0682. The zero-order valence-corrected chi connectivity index (χ0v) is 26.3. The summed E-state index contributed by atoms with van der Waals surface area (Å²) in [6.07, 6.45) is 23.0. The molecule has 2 aliphatic heterocycles. The van der Waals surface area contributed by atoms with Crippen LogP contribution in [0.2, 0.25) is 0 Å². The molecule has 2 heteroatoms. The first-order valence-corrected chi connectivity index (χ1v) is 15.9. The van der Waals surface area contributed by atoms with E-state index in [-0.39, 0.29) is 6.04 Å². The lowest BCUT2D eigenvalue weighted by atomic mass is 9.95. The molecule has 0 saturated heterocycles. The Balaban J connectivity index is 1.34. The number of benzene rings is 5. The van der Waals surface area contributed by atoms with Gasteiger partial charge in [-0.05, 0) is 107 Å². The van der Waals surface area contributed by atoms with Gasteiger partial charge in [0.2, 0.25) is 11.4 Å². The summed E-state index contributed by atoms with van der Waals surface area (Å²) in [4.78, 5) is 0. The summed E-state index contributed by atoms with van der Waals surface area (Å²) in [5.74, 6) is 0. The van der Waals surface area contributed by atoms with Gasteiger partial charge in [0.25, 0.3) is 0 Å². The van der Waals surface area contributed by atoms with Crippen LogP contribution in [-0.4, -0.2) is 6.21 Å². The van der Waals surface area contributed by atoms with Gasteiger partial charge in [-0.1, -0.05) is 104 Å². The maximum atomic E-state index is 3.83. The van der Waals surface area contributed by atoms with Crippen LogP contribution in [0.1, 0.15) is 35.2 Å². The van der Waals surface area contributed by atoms with E-state index in [9.17, 15) is 0 Å². The molecule has 1 unspecified atom stereocenters. The second-order valence-electron chi connectivity index (χ2n) is 11.7. The van der Waals surface area contributed by atoms with Gasteiger partial charge in [-0.3, -0.25) is 0 Å². The van der Waals surface area contributed by atoms with Crippen molar-refractivity contribution in [3.63, 3.8) is 0 Å². The Labute approximate surface area is 272 Å². The Kier molecular flexibility index (Phi) is 8.01. The highest BCUT2D eigenvalue weighted by molar-refractivity contribution is 6.10. The highest BCUT2D eigenvalue weighted by atomic mass is 15.0. The molecule has 0 bridgehead atoms. The van der Waals surface area contributed by atoms with Crippen molar-refractivity contribution in [3.05, 3.63) is 181 Å². The van der Waals surface area contributed by atoms with Crippen molar-refractivity contribution in [3.8, 4) is 22.3 Å². The summed E-state index contributed by atoms with van der Waals surface area (Å²) in [6, 6.07) is 35.7. The second kappa shape index (κ2) is 12.7. The smallest absolute Gasteiger partial charge is 0.227 e. The summed E-state index contributed by atoms with van der Waals surface area (Å²) in [5.41, 5.74) is 13.4. The maximum Gasteiger partial charge on any atom is 0.227 e. The molecule has 46 heavy (non-hydrogen) atoms. The zero-order chi connectivity index (χ0) is 31.5. The van der Waals surface area contributed by atoms with Crippen molar-refractivity contribution in [2.24, 2.45) is 0 Å². The normalized spacial score (nSPS) is 16.3. The molecule has 0 spiro atoms. The Morgan fingerprint density at radius 3 is 2.52 bits per heavy atom. The zero-order valence-electron chi connectivity index (χ0n) is 26.3. The Morgan fingerprint density at radius 2 is 1.70 bits per heavy atom. The first kappa shape index (κ1) is 29.0. The third-order valence-electron chi connectivity index (χ3n) is 8.90. The van der Waals surface area contributed by atoms with Crippen LogP contribution in [0.5, 0.6) is 0 Å². The van der Waals surface area contributed by atoms with Gasteiger partial charge in [-0.2, -0.15) is 4.58 Å². The molecule has 0 amide bonds. The number of nitrogens with zero attached hydrogens (tertiary/aromatic N) is 1. The third kappa shape index (κ3) is 5.50. The van der Waals surface area contributed by atoms with E-state index in [1.165, 1.54) is 72.2 Å². The molecular formula is C44H37N2+. The number of hydrogen-bond acceptors (Lipinski definition) is 1. The van der Waals surface area contributed by atoms with Crippen LogP contribution in [0.3, 0.4) is 0 Å². The van der Waals surface area contributed by atoms with Gasteiger partial charge >= 0.3 is 0 Å². The van der Waals surface area contributed by atoms with Crippen molar-refractivity contribution >= 4 is 40.0 Å². The molecule has 1 N–H and O–H groups in total. The SMILES string of the molecule is C=C/C=C\C(=C/C)c1cccc(-c2ccc3c4c(ccc3c2)-c2ccc(C3C=CC=CN3)cc2[N+]4=C/C=C\c2ccccc2C)c1. The second-order valence-corrected chi connectivity index (χ2v) is 11.7. The molecule has 2 nitrogen and oxygen atoms in total. The molecule has 1 atom stereocenters. The highest BCUT2D eigenvalue weighted by Crippen LogP contribution is 2.49. The lowest BCUT2D eigenvalue weighted by molar-refractivity contribution is 0.746. The maximum absolute atomic E-state index is 3.83. The summed E-state index contributed by atoms with van der Waals surface area (Å²) < 4.78 is 2.37. The monoisotopic (exact) mass is 593 g/mol. The largest absolute Gasteiger partial charge is 0.381 e. The fourth-order valence-corrected chi connectivity index (χ4v) is 6.48. The van der Waals surface area contributed by atoms with Gasteiger partial charge in [-0.15, -0.1) is 0 Å². The van der Waals surface area contributed by atoms with Crippen molar-refractivity contribution in [2.45, 2.75) is 19.9 Å². The van der Waals surface area contributed by atoms with Crippen LogP contribution >= 0.6 is 0 Å². The van der Waals surface area contributed by atoms with Crippen molar-refractivity contribution in [1.82, 2.24) is 9.89 Å². The summed E-state index contributed by atoms with van der Waals surface area (Å²) >= 11 is 0. The number of rotatable bonds is 7. The number of aryl methyl sites for hydroxylation is 1. The van der Waals surface area contributed by atoms with Crippen LogP contribution in [0.25, 0.3) is 44.7 Å². The average Bonchev–Trinajstić information content (AvgIpc) is 3.42. The van der Waals surface area contributed by atoms with Gasteiger partial charge in [-0.25, -0.2) is 0 Å². The van der Waals surface area contributed by atoms with E-state index in [1.807, 2.05) is 24.4 Å². The molecule has 7 rings (SSSR count). The minimum Gasteiger partial charge on any atom is -0.381 e.